The molecule has 2 aromatic carbocycles. The first-order valence-corrected chi connectivity index (χ1v) is 6.50. The number of hydrogen-bond acceptors (Lipinski definition) is 2. The molecule has 0 aliphatic rings. The van der Waals surface area contributed by atoms with E-state index < -0.39 is 0 Å². The van der Waals surface area contributed by atoms with E-state index in [2.05, 4.69) is 10.3 Å². The number of nitrogens with one attached hydrogen (secondary N) is 2. The van der Waals surface area contributed by atoms with Crippen molar-refractivity contribution in [1.82, 2.24) is 0 Å². The Hall–Kier alpha value is -2.40. The molecule has 0 heterocycles. The summed E-state index contributed by atoms with van der Waals surface area (Å²) in [6.45, 7) is 0. The number of methoxy groups -OCH3 is 1. The van der Waals surface area contributed by atoms with Gasteiger partial charge in [-0.05, 0) is 42.5 Å². The number of para-hydroxylation sites is 1. The molecule has 0 radical (unpaired) electrons. The van der Waals surface area contributed by atoms with E-state index in [9.17, 15) is 0 Å². The Morgan fingerprint density at radius 2 is 1.90 bits per heavy atom. The lowest BCUT2D eigenvalue weighted by atomic mass is 10.2. The molecule has 0 aromatic heterocycles. The lowest BCUT2D eigenvalue weighted by Crippen LogP contribution is -2.81. The summed E-state index contributed by atoms with van der Waals surface area (Å²) < 4.78 is 5.23. The standard InChI is InChI=1S/C15H15N3OS/c1-19-13-9-5-6-11(10-13)14(18-15(16)20)17-12-7-3-2-4-8-12/h2-10H,1H3,(H3,16,17,18,20)/p+1. The fraction of sp³-hybridized carbons (Fsp3) is 0.0667. The van der Waals surface area contributed by atoms with Gasteiger partial charge in [0.15, 0.2) is 0 Å². The van der Waals surface area contributed by atoms with Crippen molar-refractivity contribution in [3.05, 3.63) is 60.2 Å². The summed E-state index contributed by atoms with van der Waals surface area (Å²) in [4.78, 5) is 2.96. The van der Waals surface area contributed by atoms with E-state index in [1.807, 2.05) is 54.6 Å². The zero-order valence-electron chi connectivity index (χ0n) is 11.1. The highest BCUT2D eigenvalue weighted by atomic mass is 32.1. The van der Waals surface area contributed by atoms with Gasteiger partial charge < -0.3 is 10.5 Å². The molecule has 0 fully saturated rings. The van der Waals surface area contributed by atoms with E-state index in [1.165, 1.54) is 0 Å². The number of nitrogens with two attached hydrogens (primary N) is 1. The molecule has 4 nitrogen and oxygen atoms in total. The van der Waals surface area contributed by atoms with E-state index in [0.717, 1.165) is 17.0 Å². The number of rotatable bonds is 3. The third kappa shape index (κ3) is 3.80. The summed E-state index contributed by atoms with van der Waals surface area (Å²) in [5, 5.41) is 3.46. The van der Waals surface area contributed by atoms with Gasteiger partial charge in [-0.1, -0.05) is 24.3 Å². The Bertz CT molecular complexity index is 626. The monoisotopic (exact) mass is 286 g/mol. The van der Waals surface area contributed by atoms with E-state index in [1.54, 1.807) is 7.11 Å². The molecular weight excluding hydrogens is 270 g/mol. The van der Waals surface area contributed by atoms with E-state index >= 15 is 0 Å². The first-order valence-electron chi connectivity index (χ1n) is 6.09. The van der Waals surface area contributed by atoms with Crippen LogP contribution in [-0.2, 0) is 0 Å². The predicted octanol–water partition coefficient (Wildman–Crippen LogP) is 0.878. The molecule has 0 aliphatic heterocycles. The van der Waals surface area contributed by atoms with Crippen LogP contribution in [0.2, 0.25) is 0 Å². The van der Waals surface area contributed by atoms with Crippen LogP contribution in [0, 0.1) is 0 Å². The third-order valence-electron chi connectivity index (χ3n) is 2.65. The van der Waals surface area contributed by atoms with Crippen molar-refractivity contribution in [3.63, 3.8) is 0 Å². The summed E-state index contributed by atoms with van der Waals surface area (Å²) in [6, 6.07) is 17.4. The van der Waals surface area contributed by atoms with Crippen LogP contribution in [0.5, 0.6) is 5.75 Å². The van der Waals surface area contributed by atoms with Gasteiger partial charge in [0.25, 0.3) is 5.11 Å². The Morgan fingerprint density at radius 3 is 2.55 bits per heavy atom. The highest BCUT2D eigenvalue weighted by molar-refractivity contribution is 7.79. The average Bonchev–Trinajstić information content (AvgIpc) is 2.47. The van der Waals surface area contributed by atoms with Crippen molar-refractivity contribution >= 4 is 28.9 Å². The van der Waals surface area contributed by atoms with Crippen molar-refractivity contribution in [2.75, 3.05) is 12.4 Å². The van der Waals surface area contributed by atoms with Gasteiger partial charge in [-0.15, -0.1) is 0 Å². The minimum absolute atomic E-state index is 0.200. The van der Waals surface area contributed by atoms with Crippen molar-refractivity contribution in [2.24, 2.45) is 5.73 Å². The molecular formula is C15H16N3OS+. The van der Waals surface area contributed by atoms with Crippen molar-refractivity contribution in [3.8, 4) is 5.75 Å². The molecule has 0 saturated carbocycles. The number of amidine groups is 1. The molecule has 0 atom stereocenters. The molecule has 0 spiro atoms. The van der Waals surface area contributed by atoms with Crippen LogP contribution < -0.4 is 20.8 Å². The van der Waals surface area contributed by atoms with Crippen molar-refractivity contribution in [2.45, 2.75) is 0 Å². The molecule has 5 heteroatoms. The number of thiocarbonyl (C=S) groups is 1. The van der Waals surface area contributed by atoms with Gasteiger partial charge in [0.05, 0.1) is 18.4 Å². The van der Waals surface area contributed by atoms with Crippen molar-refractivity contribution in [1.29, 1.82) is 0 Å². The van der Waals surface area contributed by atoms with E-state index in [4.69, 9.17) is 22.7 Å². The number of hydrogen-bond donors (Lipinski definition) is 3. The average molecular weight is 286 g/mol. The van der Waals surface area contributed by atoms with Gasteiger partial charge in [0.2, 0.25) is 5.84 Å². The SMILES string of the molecule is COc1cccc(/C(Nc2ccccc2)=[NH+]/C(N)=S)c1. The van der Waals surface area contributed by atoms with Crippen molar-refractivity contribution < 1.29 is 9.73 Å². The molecule has 0 aliphatic carbocycles. The second kappa shape index (κ2) is 6.68. The van der Waals surface area contributed by atoms with Crippen LogP contribution in [0.1, 0.15) is 5.56 Å². The smallest absolute Gasteiger partial charge is 0.285 e. The number of ether oxygens (including phenoxy) is 1. The minimum atomic E-state index is 0.200. The van der Waals surface area contributed by atoms with E-state index in [0.29, 0.717) is 5.84 Å². The zero-order valence-corrected chi connectivity index (χ0v) is 11.9. The third-order valence-corrected chi connectivity index (χ3v) is 2.75. The molecule has 0 saturated heterocycles. The highest BCUT2D eigenvalue weighted by Crippen LogP contribution is 2.13. The lowest BCUT2D eigenvalue weighted by molar-refractivity contribution is -0.311. The molecule has 0 amide bonds. The first-order chi connectivity index (χ1) is 9.69. The zero-order chi connectivity index (χ0) is 14.4. The maximum atomic E-state index is 5.58. The molecule has 20 heavy (non-hydrogen) atoms. The van der Waals surface area contributed by atoms with Crippen LogP contribution in [0.25, 0.3) is 0 Å². The van der Waals surface area contributed by atoms with Crippen LogP contribution in [-0.4, -0.2) is 18.1 Å². The molecule has 2 rings (SSSR count). The second-order valence-corrected chi connectivity index (χ2v) is 4.53. The molecule has 0 bridgehead atoms. The number of benzene rings is 2. The topological polar surface area (TPSA) is 61.2 Å². The van der Waals surface area contributed by atoms with Crippen LogP contribution in [0.3, 0.4) is 0 Å². The summed E-state index contributed by atoms with van der Waals surface area (Å²) >= 11 is 4.92. The predicted molar refractivity (Wildman–Crippen MR) is 84.9 cm³/mol. The molecule has 4 N–H and O–H groups in total. The number of anilines is 1. The summed E-state index contributed by atoms with van der Waals surface area (Å²) in [7, 11) is 1.63. The Morgan fingerprint density at radius 1 is 1.15 bits per heavy atom. The van der Waals surface area contributed by atoms with Crippen LogP contribution in [0.4, 0.5) is 5.69 Å². The van der Waals surface area contributed by atoms with Gasteiger partial charge in [-0.25, -0.2) is 4.99 Å². The largest absolute Gasteiger partial charge is 0.497 e. The Kier molecular flexibility index (Phi) is 4.68. The minimum Gasteiger partial charge on any atom is -0.497 e. The molecule has 2 aromatic rings. The summed E-state index contributed by atoms with van der Waals surface area (Å²) in [6.07, 6.45) is 0. The molecule has 0 unspecified atom stereocenters. The quantitative estimate of drug-likeness (QED) is 0.445. The van der Waals surface area contributed by atoms with Crippen LogP contribution in [0.15, 0.2) is 54.6 Å². The molecule has 102 valence electrons. The lowest BCUT2D eigenvalue weighted by Gasteiger charge is -2.07. The van der Waals surface area contributed by atoms with E-state index in [-0.39, 0.29) is 5.11 Å². The fourth-order valence-corrected chi connectivity index (χ4v) is 1.85. The Labute approximate surface area is 123 Å². The Balaban J connectivity index is 2.35. The highest BCUT2D eigenvalue weighted by Gasteiger charge is 2.10. The maximum Gasteiger partial charge on any atom is 0.285 e. The normalized spacial score (nSPS) is 10.9. The van der Waals surface area contributed by atoms with Gasteiger partial charge in [0, 0.05) is 0 Å². The summed E-state index contributed by atoms with van der Waals surface area (Å²) in [5.74, 6) is 1.47. The first kappa shape index (κ1) is 14.0. The van der Waals surface area contributed by atoms with Crippen LogP contribution >= 0.6 is 12.2 Å². The fourth-order valence-electron chi connectivity index (χ4n) is 1.74. The van der Waals surface area contributed by atoms with Gasteiger partial charge >= 0.3 is 0 Å². The maximum absolute atomic E-state index is 5.58. The summed E-state index contributed by atoms with van der Waals surface area (Å²) in [5.41, 5.74) is 7.43. The van der Waals surface area contributed by atoms with Gasteiger partial charge in [0.1, 0.15) is 5.75 Å². The van der Waals surface area contributed by atoms with Gasteiger partial charge in [-0.2, -0.15) is 0 Å². The second-order valence-electron chi connectivity index (χ2n) is 4.09. The van der Waals surface area contributed by atoms with Gasteiger partial charge in [-0.3, -0.25) is 5.32 Å².